The quantitative estimate of drug-likeness (QED) is 0.738. The first-order chi connectivity index (χ1) is 6.61. The summed E-state index contributed by atoms with van der Waals surface area (Å²) in [6.45, 7) is 0. The topological polar surface area (TPSA) is 22.1 Å². The lowest BCUT2D eigenvalue weighted by Crippen LogP contribution is -2.02. The maximum atomic E-state index is 13.3. The highest BCUT2D eigenvalue weighted by Gasteiger charge is 2.20. The van der Waals surface area contributed by atoms with Crippen LogP contribution in [0.5, 0.6) is 5.75 Å². The molecule has 0 radical (unpaired) electrons. The number of hydrogen-bond acceptors (Lipinski definition) is 2. The number of nitrogens with zero attached hydrogens (tertiary/aromatic N) is 1. The first-order valence-corrected chi connectivity index (χ1v) is 4.20. The summed E-state index contributed by atoms with van der Waals surface area (Å²) in [6, 6.07) is 0. The van der Waals surface area contributed by atoms with Crippen LogP contribution in [0.2, 0.25) is 0 Å². The molecule has 6 heteroatoms. The van der Waals surface area contributed by atoms with Crippen LogP contribution in [-0.2, 0) is 5.88 Å². The highest BCUT2D eigenvalue weighted by Crippen LogP contribution is 2.28. The highest BCUT2D eigenvalue weighted by atomic mass is 35.5. The molecule has 1 rings (SSSR count). The predicted molar refractivity (Wildman–Crippen MR) is 45.3 cm³/mol. The van der Waals surface area contributed by atoms with Gasteiger partial charge in [-0.05, 0) is 0 Å². The Hall–Kier alpha value is -0.970. The van der Waals surface area contributed by atoms with E-state index in [0.717, 1.165) is 6.20 Å². The predicted octanol–water partition coefficient (Wildman–Crippen LogP) is 2.91. The first-order valence-electron chi connectivity index (χ1n) is 3.67. The van der Waals surface area contributed by atoms with E-state index in [0.29, 0.717) is 0 Å². The molecule has 0 atom stereocenters. The molecule has 0 spiro atoms. The van der Waals surface area contributed by atoms with Gasteiger partial charge in [-0.15, -0.1) is 11.6 Å². The van der Waals surface area contributed by atoms with Crippen LogP contribution in [-0.4, -0.2) is 12.1 Å². The van der Waals surface area contributed by atoms with Gasteiger partial charge in [-0.25, -0.2) is 13.2 Å². The summed E-state index contributed by atoms with van der Waals surface area (Å²) < 4.78 is 42.5. The normalized spacial score (nSPS) is 10.7. The average molecular weight is 226 g/mol. The molecule has 0 fully saturated rings. The summed E-state index contributed by atoms with van der Waals surface area (Å²) in [5.41, 5.74) is -0.959. The third kappa shape index (κ3) is 1.92. The van der Waals surface area contributed by atoms with Gasteiger partial charge in [0.1, 0.15) is 5.69 Å². The highest BCUT2D eigenvalue weighted by molar-refractivity contribution is 6.17. The van der Waals surface area contributed by atoms with Crippen molar-refractivity contribution in [2.75, 3.05) is 7.11 Å². The molecule has 0 aliphatic carbocycles. The van der Waals surface area contributed by atoms with Gasteiger partial charge in [0.2, 0.25) is 0 Å². The van der Waals surface area contributed by atoms with Crippen LogP contribution in [0.4, 0.5) is 13.2 Å². The second-order valence-electron chi connectivity index (χ2n) is 2.44. The van der Waals surface area contributed by atoms with Crippen molar-refractivity contribution in [3.8, 4) is 5.75 Å². The van der Waals surface area contributed by atoms with Crippen LogP contribution < -0.4 is 4.74 Å². The van der Waals surface area contributed by atoms with Gasteiger partial charge in [-0.3, -0.25) is 4.98 Å². The number of halogens is 4. The molecule has 0 aromatic carbocycles. The Morgan fingerprint density at radius 2 is 2.21 bits per heavy atom. The van der Waals surface area contributed by atoms with Crippen molar-refractivity contribution in [2.45, 2.75) is 12.3 Å². The maximum absolute atomic E-state index is 13.3. The minimum Gasteiger partial charge on any atom is -0.492 e. The minimum absolute atomic E-state index is 0.190. The monoisotopic (exact) mass is 225 g/mol. The van der Waals surface area contributed by atoms with Gasteiger partial charge in [0.25, 0.3) is 6.43 Å². The smallest absolute Gasteiger partial charge is 0.280 e. The van der Waals surface area contributed by atoms with Crippen LogP contribution in [0, 0.1) is 5.82 Å². The molecular formula is C8H7ClF3NO. The largest absolute Gasteiger partial charge is 0.492 e. The van der Waals surface area contributed by atoms with Crippen molar-refractivity contribution in [1.29, 1.82) is 0 Å². The molecule has 0 amide bonds. The number of methoxy groups -OCH3 is 1. The SMILES string of the molecule is COc1cnc(C(F)F)c(CCl)c1F. The Balaban J connectivity index is 3.28. The third-order valence-corrected chi connectivity index (χ3v) is 1.94. The number of rotatable bonds is 3. The minimum atomic E-state index is -2.84. The van der Waals surface area contributed by atoms with Gasteiger partial charge in [-0.1, -0.05) is 0 Å². The number of hydrogen-bond donors (Lipinski definition) is 0. The van der Waals surface area contributed by atoms with Gasteiger partial charge in [0, 0.05) is 5.56 Å². The zero-order valence-electron chi connectivity index (χ0n) is 7.23. The molecule has 0 saturated carbocycles. The van der Waals surface area contributed by atoms with Crippen molar-refractivity contribution >= 4 is 11.6 Å². The molecule has 0 aliphatic rings. The van der Waals surface area contributed by atoms with Crippen LogP contribution in [0.25, 0.3) is 0 Å². The Kier molecular flexibility index (Phi) is 3.57. The lowest BCUT2D eigenvalue weighted by molar-refractivity contribution is 0.144. The molecule has 1 aromatic rings. The van der Waals surface area contributed by atoms with E-state index in [1.807, 2.05) is 0 Å². The molecule has 0 saturated heterocycles. The molecule has 0 aliphatic heterocycles. The lowest BCUT2D eigenvalue weighted by atomic mass is 10.2. The van der Waals surface area contributed by atoms with Gasteiger partial charge >= 0.3 is 0 Å². The fourth-order valence-corrected chi connectivity index (χ4v) is 1.24. The summed E-state index contributed by atoms with van der Waals surface area (Å²) in [4.78, 5) is 3.38. The van der Waals surface area contributed by atoms with E-state index in [4.69, 9.17) is 11.6 Å². The van der Waals surface area contributed by atoms with E-state index in [1.165, 1.54) is 7.11 Å². The molecule has 0 bridgehead atoms. The Morgan fingerprint density at radius 3 is 2.64 bits per heavy atom. The van der Waals surface area contributed by atoms with Gasteiger partial charge < -0.3 is 4.74 Å². The fourth-order valence-electron chi connectivity index (χ4n) is 0.981. The molecule has 2 nitrogen and oxygen atoms in total. The zero-order chi connectivity index (χ0) is 10.7. The zero-order valence-corrected chi connectivity index (χ0v) is 7.99. The van der Waals surface area contributed by atoms with E-state index in [-0.39, 0.29) is 17.2 Å². The van der Waals surface area contributed by atoms with Crippen LogP contribution >= 0.6 is 11.6 Å². The van der Waals surface area contributed by atoms with Crippen LogP contribution in [0.1, 0.15) is 17.7 Å². The van der Waals surface area contributed by atoms with E-state index in [9.17, 15) is 13.2 Å². The number of pyridine rings is 1. The van der Waals surface area contributed by atoms with Crippen molar-refractivity contribution in [1.82, 2.24) is 4.98 Å². The third-order valence-electron chi connectivity index (χ3n) is 1.67. The molecular weight excluding hydrogens is 219 g/mol. The summed E-state index contributed by atoms with van der Waals surface area (Å²) in [5, 5.41) is 0. The summed E-state index contributed by atoms with van der Waals surface area (Å²) in [6.07, 6.45) is -1.93. The van der Waals surface area contributed by atoms with Crippen molar-refractivity contribution < 1.29 is 17.9 Å². The summed E-state index contributed by atoms with van der Waals surface area (Å²) >= 11 is 5.34. The van der Waals surface area contributed by atoms with Gasteiger partial charge in [0.15, 0.2) is 11.6 Å². The fraction of sp³-hybridized carbons (Fsp3) is 0.375. The van der Waals surface area contributed by atoms with Crippen LogP contribution in [0.15, 0.2) is 6.20 Å². The Bertz CT molecular complexity index is 333. The van der Waals surface area contributed by atoms with E-state index in [1.54, 1.807) is 0 Å². The molecule has 1 heterocycles. The Morgan fingerprint density at radius 1 is 1.57 bits per heavy atom. The number of aromatic nitrogens is 1. The van der Waals surface area contributed by atoms with Gasteiger partial charge in [-0.2, -0.15) is 0 Å². The van der Waals surface area contributed by atoms with Crippen molar-refractivity contribution in [2.24, 2.45) is 0 Å². The lowest BCUT2D eigenvalue weighted by Gasteiger charge is -2.09. The van der Waals surface area contributed by atoms with Crippen molar-refractivity contribution in [3.05, 3.63) is 23.3 Å². The van der Waals surface area contributed by atoms with E-state index >= 15 is 0 Å². The van der Waals surface area contributed by atoms with E-state index < -0.39 is 17.9 Å². The molecule has 1 aromatic heterocycles. The maximum Gasteiger partial charge on any atom is 0.280 e. The molecule has 14 heavy (non-hydrogen) atoms. The summed E-state index contributed by atoms with van der Waals surface area (Å²) in [5.74, 6) is -1.44. The van der Waals surface area contributed by atoms with Crippen LogP contribution in [0.3, 0.4) is 0 Å². The number of ether oxygens (including phenoxy) is 1. The molecule has 0 N–H and O–H groups in total. The van der Waals surface area contributed by atoms with E-state index in [2.05, 4.69) is 9.72 Å². The Labute approximate surface area is 83.7 Å². The standard InChI is InChI=1S/C8H7ClF3NO/c1-14-5-3-13-7(8(11)12)4(2-9)6(5)10/h3,8H,2H2,1H3. The molecule has 78 valence electrons. The van der Waals surface area contributed by atoms with Crippen molar-refractivity contribution in [3.63, 3.8) is 0 Å². The first kappa shape index (κ1) is 11.1. The second-order valence-corrected chi connectivity index (χ2v) is 2.71. The van der Waals surface area contributed by atoms with Gasteiger partial charge in [0.05, 0.1) is 19.2 Å². The second kappa shape index (κ2) is 4.50. The average Bonchev–Trinajstić information content (AvgIpc) is 2.17. The molecule has 0 unspecified atom stereocenters. The summed E-state index contributed by atoms with van der Waals surface area (Å²) in [7, 11) is 1.22. The number of alkyl halides is 3.